The normalized spacial score (nSPS) is 47.1. The van der Waals surface area contributed by atoms with Gasteiger partial charge in [0.25, 0.3) is 0 Å². The summed E-state index contributed by atoms with van der Waals surface area (Å²) in [5.74, 6) is 0. The van der Waals surface area contributed by atoms with Crippen molar-refractivity contribution in [2.45, 2.75) is 50.2 Å². The van der Waals surface area contributed by atoms with E-state index >= 15 is 0 Å². The van der Waals surface area contributed by atoms with Crippen molar-refractivity contribution in [3.63, 3.8) is 0 Å². The number of hydrogen-bond donors (Lipinski definition) is 2. The van der Waals surface area contributed by atoms with Gasteiger partial charge in [-0.1, -0.05) is 0 Å². The van der Waals surface area contributed by atoms with E-state index in [0.29, 0.717) is 0 Å². The van der Waals surface area contributed by atoms with Gasteiger partial charge in [0.2, 0.25) is 0 Å². The predicted molar refractivity (Wildman–Crippen MR) is 41.5 cm³/mol. The van der Waals surface area contributed by atoms with Crippen molar-refractivity contribution >= 4 is 0 Å². The molecule has 2 saturated heterocycles. The molecular weight excluding hydrogens is 124 g/mol. The molecule has 2 fully saturated rings. The molecule has 0 unspecified atom stereocenters. The van der Waals surface area contributed by atoms with Crippen molar-refractivity contribution in [2.75, 3.05) is 0 Å². The molecule has 0 aromatic carbocycles. The summed E-state index contributed by atoms with van der Waals surface area (Å²) in [5.41, 5.74) is 6.12. The highest BCUT2D eigenvalue weighted by molar-refractivity contribution is 4.93. The van der Waals surface area contributed by atoms with Gasteiger partial charge in [0, 0.05) is 6.04 Å². The fourth-order valence-electron chi connectivity index (χ4n) is 2.29. The van der Waals surface area contributed by atoms with Gasteiger partial charge in [0.15, 0.2) is 0 Å². The lowest BCUT2D eigenvalue weighted by atomic mass is 9.83. The Balaban J connectivity index is 2.07. The van der Waals surface area contributed by atoms with Crippen molar-refractivity contribution in [1.82, 2.24) is 5.32 Å². The molecular formula is C8H16N2. The lowest BCUT2D eigenvalue weighted by Gasteiger charge is -2.43. The lowest BCUT2D eigenvalue weighted by molar-refractivity contribution is 0.147. The second-order valence-electron chi connectivity index (χ2n) is 3.78. The van der Waals surface area contributed by atoms with E-state index in [1.165, 1.54) is 38.5 Å². The summed E-state index contributed by atoms with van der Waals surface area (Å²) < 4.78 is 0. The predicted octanol–water partition coefficient (Wildman–Crippen LogP) is 0.967. The van der Waals surface area contributed by atoms with E-state index in [-0.39, 0.29) is 5.66 Å². The fraction of sp³-hybridized carbons (Fsp3) is 1.00. The average molecular weight is 140 g/mol. The Morgan fingerprint density at radius 1 is 1.20 bits per heavy atom. The molecule has 2 heterocycles. The number of nitrogens with one attached hydrogen (secondary N) is 1. The van der Waals surface area contributed by atoms with Crippen LogP contribution in [0.1, 0.15) is 38.5 Å². The minimum absolute atomic E-state index is 0.0289. The van der Waals surface area contributed by atoms with Crippen molar-refractivity contribution in [3.05, 3.63) is 0 Å². The molecule has 2 aliphatic heterocycles. The van der Waals surface area contributed by atoms with Crippen LogP contribution < -0.4 is 11.1 Å². The highest BCUT2D eigenvalue weighted by atomic mass is 15.1. The Morgan fingerprint density at radius 3 is 2.20 bits per heavy atom. The maximum Gasteiger partial charge on any atom is 0.0664 e. The molecule has 2 heteroatoms. The summed E-state index contributed by atoms with van der Waals surface area (Å²) in [7, 11) is 0. The fourth-order valence-corrected chi connectivity index (χ4v) is 2.29. The average Bonchev–Trinajstić information content (AvgIpc) is 1.86. The molecule has 0 atom stereocenters. The maximum atomic E-state index is 6.09. The van der Waals surface area contributed by atoms with E-state index in [4.69, 9.17) is 5.73 Å². The van der Waals surface area contributed by atoms with Gasteiger partial charge in [-0.25, -0.2) is 0 Å². The quantitative estimate of drug-likeness (QED) is 0.526. The van der Waals surface area contributed by atoms with Crippen LogP contribution in [0.5, 0.6) is 0 Å². The standard InChI is InChI=1S/C8H16N2/c9-8-5-1-3-7(10-8)4-2-6-8/h7,10H,1-6,9H2. The summed E-state index contributed by atoms with van der Waals surface area (Å²) in [6, 6.07) is 0.743. The molecule has 0 spiro atoms. The number of rotatable bonds is 0. The van der Waals surface area contributed by atoms with Crippen LogP contribution in [0.25, 0.3) is 0 Å². The third kappa shape index (κ3) is 1.06. The SMILES string of the molecule is NC12CCCC(CCC1)N2. The van der Waals surface area contributed by atoms with Gasteiger partial charge in [0.05, 0.1) is 5.66 Å². The number of hydrogen-bond acceptors (Lipinski definition) is 2. The van der Waals surface area contributed by atoms with Crippen LogP contribution in [0.4, 0.5) is 0 Å². The molecule has 58 valence electrons. The van der Waals surface area contributed by atoms with Crippen LogP contribution in [-0.2, 0) is 0 Å². The lowest BCUT2D eigenvalue weighted by Crippen LogP contribution is -2.62. The van der Waals surface area contributed by atoms with Crippen LogP contribution in [0.2, 0.25) is 0 Å². The molecule has 0 aromatic rings. The summed E-state index contributed by atoms with van der Waals surface area (Å²) in [6.07, 6.45) is 7.72. The number of piperidine rings is 2. The highest BCUT2D eigenvalue weighted by Gasteiger charge is 2.34. The van der Waals surface area contributed by atoms with Crippen molar-refractivity contribution in [2.24, 2.45) is 5.73 Å². The van der Waals surface area contributed by atoms with E-state index in [1.807, 2.05) is 0 Å². The molecule has 0 aliphatic carbocycles. The molecule has 2 bridgehead atoms. The van der Waals surface area contributed by atoms with E-state index in [2.05, 4.69) is 5.32 Å². The van der Waals surface area contributed by atoms with Gasteiger partial charge in [-0.2, -0.15) is 0 Å². The summed E-state index contributed by atoms with van der Waals surface area (Å²) in [5, 5.41) is 3.51. The number of nitrogens with two attached hydrogens (primary N) is 1. The molecule has 0 amide bonds. The summed E-state index contributed by atoms with van der Waals surface area (Å²) in [4.78, 5) is 0. The molecule has 0 aromatic heterocycles. The molecule has 0 saturated carbocycles. The van der Waals surface area contributed by atoms with Gasteiger partial charge < -0.3 is 5.73 Å². The van der Waals surface area contributed by atoms with Gasteiger partial charge >= 0.3 is 0 Å². The molecule has 2 nitrogen and oxygen atoms in total. The van der Waals surface area contributed by atoms with E-state index in [1.54, 1.807) is 0 Å². The van der Waals surface area contributed by atoms with Crippen LogP contribution in [0.3, 0.4) is 0 Å². The summed E-state index contributed by atoms with van der Waals surface area (Å²) in [6.45, 7) is 0. The zero-order chi connectivity index (χ0) is 7.03. The van der Waals surface area contributed by atoms with Gasteiger partial charge in [-0.05, 0) is 38.5 Å². The Morgan fingerprint density at radius 2 is 1.80 bits per heavy atom. The van der Waals surface area contributed by atoms with Crippen molar-refractivity contribution in [3.8, 4) is 0 Å². The third-order valence-corrected chi connectivity index (χ3v) is 2.84. The molecule has 3 N–H and O–H groups in total. The Kier molecular flexibility index (Phi) is 1.46. The van der Waals surface area contributed by atoms with Gasteiger partial charge in [-0.3, -0.25) is 5.32 Å². The Labute approximate surface area is 62.2 Å². The maximum absolute atomic E-state index is 6.09. The Bertz CT molecular complexity index is 123. The highest BCUT2D eigenvalue weighted by Crippen LogP contribution is 2.29. The van der Waals surface area contributed by atoms with Gasteiger partial charge in [0.1, 0.15) is 0 Å². The topological polar surface area (TPSA) is 38.0 Å². The van der Waals surface area contributed by atoms with Crippen LogP contribution in [0, 0.1) is 0 Å². The molecule has 2 aliphatic rings. The first-order chi connectivity index (χ1) is 4.79. The minimum Gasteiger partial charge on any atom is -0.313 e. The first-order valence-corrected chi connectivity index (χ1v) is 4.35. The van der Waals surface area contributed by atoms with E-state index in [0.717, 1.165) is 6.04 Å². The molecule has 0 radical (unpaired) electrons. The van der Waals surface area contributed by atoms with Gasteiger partial charge in [-0.15, -0.1) is 0 Å². The van der Waals surface area contributed by atoms with Crippen molar-refractivity contribution in [1.29, 1.82) is 0 Å². The first-order valence-electron chi connectivity index (χ1n) is 4.35. The van der Waals surface area contributed by atoms with Crippen LogP contribution in [0.15, 0.2) is 0 Å². The third-order valence-electron chi connectivity index (χ3n) is 2.84. The number of fused-ring (bicyclic) bond motifs is 2. The first kappa shape index (κ1) is 6.62. The minimum atomic E-state index is 0.0289. The van der Waals surface area contributed by atoms with Crippen LogP contribution >= 0.6 is 0 Å². The van der Waals surface area contributed by atoms with E-state index < -0.39 is 0 Å². The second kappa shape index (κ2) is 2.21. The van der Waals surface area contributed by atoms with Crippen molar-refractivity contribution < 1.29 is 0 Å². The zero-order valence-electron chi connectivity index (χ0n) is 6.40. The molecule has 10 heavy (non-hydrogen) atoms. The zero-order valence-corrected chi connectivity index (χ0v) is 6.40. The Hall–Kier alpha value is -0.0800. The summed E-state index contributed by atoms with van der Waals surface area (Å²) >= 11 is 0. The largest absolute Gasteiger partial charge is 0.313 e. The van der Waals surface area contributed by atoms with E-state index in [9.17, 15) is 0 Å². The van der Waals surface area contributed by atoms with Crippen LogP contribution in [-0.4, -0.2) is 11.7 Å². The smallest absolute Gasteiger partial charge is 0.0664 e. The monoisotopic (exact) mass is 140 g/mol. The molecule has 2 rings (SSSR count). The second-order valence-corrected chi connectivity index (χ2v) is 3.78.